The van der Waals surface area contributed by atoms with Crippen LogP contribution in [0.5, 0.6) is 0 Å². The number of amides is 3. The van der Waals surface area contributed by atoms with Crippen molar-refractivity contribution in [3.8, 4) is 0 Å². The Morgan fingerprint density at radius 3 is 2.25 bits per heavy atom. The highest BCUT2D eigenvalue weighted by Gasteiger charge is 2.53. The highest BCUT2D eigenvalue weighted by Crippen LogP contribution is 2.39. The van der Waals surface area contributed by atoms with Crippen molar-refractivity contribution in [2.24, 2.45) is 17.8 Å². The molecule has 2 aromatic rings. The van der Waals surface area contributed by atoms with E-state index in [1.165, 1.54) is 18.2 Å². The van der Waals surface area contributed by atoms with Gasteiger partial charge in [0.15, 0.2) is 5.78 Å². The molecule has 12 heteroatoms. The quantitative estimate of drug-likeness (QED) is 0.187. The number of allylic oxidation sites excluding steroid dienone is 2. The van der Waals surface area contributed by atoms with Crippen molar-refractivity contribution in [2.75, 3.05) is 6.54 Å². The van der Waals surface area contributed by atoms with Crippen molar-refractivity contribution >= 4 is 34.9 Å². The summed E-state index contributed by atoms with van der Waals surface area (Å²) in [6.07, 6.45) is 3.90. The molecule has 3 amide bonds. The number of ketones is 1. The number of non-ortho nitro benzene ring substituents is 2. The molecule has 0 bridgehead atoms. The lowest BCUT2D eigenvalue weighted by Crippen LogP contribution is -2.52. The number of hydrogen-bond acceptors (Lipinski definition) is 8. The molecular weight excluding hydrogens is 472 g/mol. The van der Waals surface area contributed by atoms with Crippen molar-refractivity contribution in [3.63, 3.8) is 0 Å². The highest BCUT2D eigenvalue weighted by molar-refractivity contribution is 6.10. The van der Waals surface area contributed by atoms with E-state index in [4.69, 9.17) is 0 Å². The Hall–Kier alpha value is -4.74. The lowest BCUT2D eigenvalue weighted by atomic mass is 9.78. The molecule has 0 saturated carbocycles. The van der Waals surface area contributed by atoms with Crippen LogP contribution < -0.4 is 0 Å². The van der Waals surface area contributed by atoms with Crippen LogP contribution >= 0.6 is 0 Å². The third-order valence-corrected chi connectivity index (χ3v) is 6.32. The third-order valence-electron chi connectivity index (χ3n) is 6.32. The van der Waals surface area contributed by atoms with E-state index in [1.54, 1.807) is 13.0 Å². The zero-order valence-corrected chi connectivity index (χ0v) is 19.0. The minimum Gasteiger partial charge on any atom is -0.292 e. The number of carbonyl (C=O) groups is 4. The fraction of sp³-hybridized carbons (Fsp3) is 0.250. The smallest absolute Gasteiger partial charge is 0.273 e. The molecule has 12 nitrogen and oxygen atoms in total. The van der Waals surface area contributed by atoms with Crippen molar-refractivity contribution < 1.29 is 29.0 Å². The number of benzene rings is 2. The molecule has 1 heterocycles. The fourth-order valence-corrected chi connectivity index (χ4v) is 4.50. The minimum absolute atomic E-state index is 0.0859. The van der Waals surface area contributed by atoms with Crippen LogP contribution in [-0.4, -0.2) is 49.9 Å². The van der Waals surface area contributed by atoms with E-state index in [1.807, 2.05) is 6.08 Å². The molecule has 1 saturated heterocycles. The van der Waals surface area contributed by atoms with Gasteiger partial charge < -0.3 is 0 Å². The number of Topliss-reactive ketones (excluding diaryl/α,β-unsaturated/α-hetero) is 1. The number of hydrogen-bond donors (Lipinski definition) is 0. The summed E-state index contributed by atoms with van der Waals surface area (Å²) in [5.41, 5.74) is -0.787. The van der Waals surface area contributed by atoms with E-state index < -0.39 is 51.7 Å². The zero-order valence-electron chi connectivity index (χ0n) is 19.0. The van der Waals surface area contributed by atoms with Crippen molar-refractivity contribution in [1.29, 1.82) is 0 Å². The Kier molecular flexibility index (Phi) is 6.43. The van der Waals surface area contributed by atoms with Crippen LogP contribution in [0.1, 0.15) is 34.1 Å². The van der Waals surface area contributed by atoms with Crippen LogP contribution in [0, 0.1) is 38.0 Å². The number of nitro benzene ring substituents is 2. The Morgan fingerprint density at radius 2 is 1.64 bits per heavy atom. The summed E-state index contributed by atoms with van der Waals surface area (Å²) in [4.78, 5) is 73.9. The first kappa shape index (κ1) is 24.4. The van der Waals surface area contributed by atoms with Gasteiger partial charge in [-0.25, -0.2) is 5.01 Å². The van der Waals surface area contributed by atoms with Gasteiger partial charge in [0.05, 0.1) is 21.7 Å². The van der Waals surface area contributed by atoms with Gasteiger partial charge in [-0.3, -0.25) is 39.4 Å². The van der Waals surface area contributed by atoms with E-state index in [0.717, 1.165) is 35.3 Å². The standard InChI is InChI=1S/C24H20N4O8/c1-14-4-2-7-19-21(14)24(32)26(23(19)31)25(22(30)15-8-10-17(11-9-15)27(33)34)13-20(29)16-5-3-6-18(12-16)28(35)36/h2-6,8-12,14,19,21H,7,13H2,1H3/t14-,19-,21-/m1/s1. The number of nitrogens with zero attached hydrogens (tertiary/aromatic N) is 4. The Bertz CT molecular complexity index is 1320. The van der Waals surface area contributed by atoms with E-state index in [0.29, 0.717) is 11.4 Å². The summed E-state index contributed by atoms with van der Waals surface area (Å²) >= 11 is 0. The second-order valence-electron chi connectivity index (χ2n) is 8.54. The number of carbonyl (C=O) groups excluding carboxylic acids is 4. The number of rotatable bonds is 7. The van der Waals surface area contributed by atoms with Gasteiger partial charge in [-0.05, 0) is 24.5 Å². The van der Waals surface area contributed by atoms with Gasteiger partial charge in [0.2, 0.25) is 0 Å². The maximum absolute atomic E-state index is 13.5. The van der Waals surface area contributed by atoms with Gasteiger partial charge in [0.25, 0.3) is 29.1 Å². The molecule has 0 unspecified atom stereocenters. The summed E-state index contributed by atoms with van der Waals surface area (Å²) < 4.78 is 0. The predicted octanol–water partition coefficient (Wildman–Crippen LogP) is 2.94. The largest absolute Gasteiger partial charge is 0.292 e. The summed E-state index contributed by atoms with van der Waals surface area (Å²) in [5, 5.41) is 23.5. The topological polar surface area (TPSA) is 161 Å². The molecule has 2 aromatic carbocycles. The van der Waals surface area contributed by atoms with Gasteiger partial charge in [-0.1, -0.05) is 31.2 Å². The van der Waals surface area contributed by atoms with E-state index in [9.17, 15) is 39.4 Å². The first-order valence-electron chi connectivity index (χ1n) is 11.0. The molecular formula is C24H20N4O8. The Balaban J connectivity index is 1.71. The monoisotopic (exact) mass is 492 g/mol. The molecule has 36 heavy (non-hydrogen) atoms. The van der Waals surface area contributed by atoms with Gasteiger partial charge in [-0.15, -0.1) is 0 Å². The third kappa shape index (κ3) is 4.35. The SMILES string of the molecule is C[C@@H]1C=CC[C@H]2C(=O)N(N(CC(=O)c3cccc([N+](=O)[O-])c3)C(=O)c3ccc([N+](=O)[O-])cc3)C(=O)[C@H]12. The highest BCUT2D eigenvalue weighted by atomic mass is 16.6. The second-order valence-corrected chi connectivity index (χ2v) is 8.54. The number of hydrazine groups is 1. The van der Waals surface area contributed by atoms with Gasteiger partial charge in [-0.2, -0.15) is 5.01 Å². The first-order chi connectivity index (χ1) is 17.1. The normalized spacial score (nSPS) is 20.7. The maximum Gasteiger partial charge on any atom is 0.273 e. The zero-order chi connectivity index (χ0) is 26.1. The van der Waals surface area contributed by atoms with Crippen molar-refractivity contribution in [1.82, 2.24) is 10.0 Å². The minimum atomic E-state index is -0.898. The molecule has 0 radical (unpaired) electrons. The summed E-state index contributed by atoms with van der Waals surface area (Å²) in [7, 11) is 0. The molecule has 0 aromatic heterocycles. The summed E-state index contributed by atoms with van der Waals surface area (Å²) in [6.45, 7) is 1.02. The van der Waals surface area contributed by atoms with Crippen LogP contribution in [0.3, 0.4) is 0 Å². The molecule has 2 aliphatic rings. The van der Waals surface area contributed by atoms with Crippen LogP contribution in [0.4, 0.5) is 11.4 Å². The summed E-state index contributed by atoms with van der Waals surface area (Å²) in [5.74, 6) is -4.58. The average Bonchev–Trinajstić information content (AvgIpc) is 3.12. The molecule has 1 aliphatic heterocycles. The van der Waals surface area contributed by atoms with Crippen LogP contribution in [0.25, 0.3) is 0 Å². The van der Waals surface area contributed by atoms with Crippen molar-refractivity contribution in [3.05, 3.63) is 92.0 Å². The lowest BCUT2D eigenvalue weighted by Gasteiger charge is -2.30. The second kappa shape index (κ2) is 9.49. The predicted molar refractivity (Wildman–Crippen MR) is 123 cm³/mol. The molecule has 0 N–H and O–H groups in total. The van der Waals surface area contributed by atoms with Gasteiger partial charge >= 0.3 is 0 Å². The average molecular weight is 492 g/mol. The Morgan fingerprint density at radius 1 is 0.972 bits per heavy atom. The fourth-order valence-electron chi connectivity index (χ4n) is 4.50. The van der Waals surface area contributed by atoms with Gasteiger partial charge in [0, 0.05) is 35.4 Å². The van der Waals surface area contributed by atoms with E-state index in [2.05, 4.69) is 0 Å². The number of imide groups is 1. The van der Waals surface area contributed by atoms with Crippen LogP contribution in [0.15, 0.2) is 60.7 Å². The summed E-state index contributed by atoms with van der Waals surface area (Å²) in [6, 6.07) is 9.37. The molecule has 4 rings (SSSR count). The number of nitro groups is 2. The maximum atomic E-state index is 13.5. The molecule has 1 aliphatic carbocycles. The first-order valence-corrected chi connectivity index (χ1v) is 11.0. The Labute approximate surface area is 204 Å². The lowest BCUT2D eigenvalue weighted by molar-refractivity contribution is -0.385. The molecule has 3 atom stereocenters. The molecule has 184 valence electrons. The van der Waals surface area contributed by atoms with E-state index in [-0.39, 0.29) is 28.4 Å². The van der Waals surface area contributed by atoms with E-state index >= 15 is 0 Å². The molecule has 1 fully saturated rings. The van der Waals surface area contributed by atoms with Crippen LogP contribution in [-0.2, 0) is 9.59 Å². The van der Waals surface area contributed by atoms with Crippen LogP contribution in [0.2, 0.25) is 0 Å². The van der Waals surface area contributed by atoms with Gasteiger partial charge in [0.1, 0.15) is 6.54 Å². The number of fused-ring (bicyclic) bond motifs is 1. The molecule has 0 spiro atoms. The van der Waals surface area contributed by atoms with Crippen molar-refractivity contribution in [2.45, 2.75) is 13.3 Å².